The normalized spacial score (nSPS) is 13.9. The van der Waals surface area contributed by atoms with E-state index in [2.05, 4.69) is 44.8 Å². The van der Waals surface area contributed by atoms with Crippen molar-refractivity contribution in [3.8, 4) is 0 Å². The molecule has 3 heteroatoms. The molecule has 1 aromatic heterocycles. The fourth-order valence-corrected chi connectivity index (χ4v) is 2.40. The minimum atomic E-state index is 0.192. The van der Waals surface area contributed by atoms with Crippen molar-refractivity contribution in [2.75, 3.05) is 6.54 Å². The molecule has 0 bridgehead atoms. The molecule has 1 aromatic carbocycles. The third kappa shape index (κ3) is 3.35. The van der Waals surface area contributed by atoms with Crippen molar-refractivity contribution in [1.82, 2.24) is 4.98 Å². The minimum absolute atomic E-state index is 0.192. The van der Waals surface area contributed by atoms with Crippen LogP contribution in [0.3, 0.4) is 0 Å². The first-order valence-corrected chi connectivity index (χ1v) is 7.02. The first-order chi connectivity index (χ1) is 8.93. The maximum absolute atomic E-state index is 5.89. The average Bonchev–Trinajstić information content (AvgIpc) is 2.77. The second-order valence-electron chi connectivity index (χ2n) is 6.41. The van der Waals surface area contributed by atoms with E-state index in [0.29, 0.717) is 6.54 Å². The van der Waals surface area contributed by atoms with E-state index >= 15 is 0 Å². The molecule has 0 fully saturated rings. The summed E-state index contributed by atoms with van der Waals surface area (Å²) in [5, 5.41) is 0. The van der Waals surface area contributed by atoms with Crippen LogP contribution in [-0.2, 0) is 6.42 Å². The predicted molar refractivity (Wildman–Crippen MR) is 79.3 cm³/mol. The number of aryl methyl sites for hydroxylation is 1. The van der Waals surface area contributed by atoms with Gasteiger partial charge in [-0.3, -0.25) is 0 Å². The topological polar surface area (TPSA) is 52.0 Å². The maximum atomic E-state index is 5.89. The highest BCUT2D eigenvalue weighted by molar-refractivity contribution is 5.73. The molecule has 2 rings (SSSR count). The maximum Gasteiger partial charge on any atom is 0.199 e. The van der Waals surface area contributed by atoms with Gasteiger partial charge < -0.3 is 10.2 Å². The van der Waals surface area contributed by atoms with Crippen LogP contribution < -0.4 is 5.73 Å². The van der Waals surface area contributed by atoms with E-state index in [1.54, 1.807) is 0 Å². The number of hydrogen-bond donors (Lipinski definition) is 1. The second-order valence-corrected chi connectivity index (χ2v) is 6.41. The largest absolute Gasteiger partial charge is 0.440 e. The van der Waals surface area contributed by atoms with Crippen molar-refractivity contribution >= 4 is 11.1 Å². The van der Waals surface area contributed by atoms with Crippen LogP contribution in [0.4, 0.5) is 0 Å². The monoisotopic (exact) mass is 260 g/mol. The average molecular weight is 260 g/mol. The minimum Gasteiger partial charge on any atom is -0.440 e. The standard InChI is InChI=1S/C16H24N2O/c1-5-11-6-7-14-13(8-11)18-15(19-14)12(10-17)9-16(2,3)4/h6-8,12H,5,9-10,17H2,1-4H3. The number of rotatable bonds is 4. The van der Waals surface area contributed by atoms with E-state index in [9.17, 15) is 0 Å². The highest BCUT2D eigenvalue weighted by atomic mass is 16.3. The van der Waals surface area contributed by atoms with Crippen LogP contribution in [0.2, 0.25) is 0 Å². The van der Waals surface area contributed by atoms with Gasteiger partial charge >= 0.3 is 0 Å². The SMILES string of the molecule is CCc1ccc2oc(C(CN)CC(C)(C)C)nc2c1. The molecule has 0 amide bonds. The number of fused-ring (bicyclic) bond motifs is 1. The Hall–Kier alpha value is -1.35. The molecule has 0 saturated heterocycles. The molecular formula is C16H24N2O. The van der Waals surface area contributed by atoms with E-state index in [1.807, 2.05) is 6.07 Å². The van der Waals surface area contributed by atoms with E-state index in [-0.39, 0.29) is 11.3 Å². The molecule has 3 nitrogen and oxygen atoms in total. The Labute approximate surface area is 115 Å². The van der Waals surface area contributed by atoms with Crippen LogP contribution in [0.15, 0.2) is 22.6 Å². The number of oxazole rings is 1. The number of nitrogens with zero attached hydrogens (tertiary/aromatic N) is 1. The molecule has 0 aliphatic rings. The van der Waals surface area contributed by atoms with Crippen LogP contribution >= 0.6 is 0 Å². The molecule has 19 heavy (non-hydrogen) atoms. The molecule has 0 saturated carbocycles. The van der Waals surface area contributed by atoms with E-state index in [1.165, 1.54) is 5.56 Å². The van der Waals surface area contributed by atoms with E-state index < -0.39 is 0 Å². The summed E-state index contributed by atoms with van der Waals surface area (Å²) in [7, 11) is 0. The summed E-state index contributed by atoms with van der Waals surface area (Å²) in [4.78, 5) is 4.63. The first kappa shape index (κ1) is 14.1. The lowest BCUT2D eigenvalue weighted by Gasteiger charge is -2.22. The fourth-order valence-electron chi connectivity index (χ4n) is 2.40. The van der Waals surface area contributed by atoms with E-state index in [4.69, 9.17) is 10.2 Å². The second kappa shape index (κ2) is 5.33. The van der Waals surface area contributed by atoms with Gasteiger partial charge in [-0.15, -0.1) is 0 Å². The number of nitrogens with two attached hydrogens (primary N) is 1. The van der Waals surface area contributed by atoms with Gasteiger partial charge in [0.25, 0.3) is 0 Å². The van der Waals surface area contributed by atoms with Crippen molar-refractivity contribution in [1.29, 1.82) is 0 Å². The summed E-state index contributed by atoms with van der Waals surface area (Å²) >= 11 is 0. The number of hydrogen-bond acceptors (Lipinski definition) is 3. The van der Waals surface area contributed by atoms with Crippen LogP contribution in [0, 0.1) is 5.41 Å². The summed E-state index contributed by atoms with van der Waals surface area (Å²) < 4.78 is 5.88. The molecule has 0 aliphatic heterocycles. The van der Waals surface area contributed by atoms with Crippen molar-refractivity contribution < 1.29 is 4.42 Å². The van der Waals surface area contributed by atoms with E-state index in [0.717, 1.165) is 29.8 Å². The zero-order chi connectivity index (χ0) is 14.0. The molecule has 0 aliphatic carbocycles. The predicted octanol–water partition coefficient (Wildman–Crippen LogP) is 3.87. The Morgan fingerprint density at radius 1 is 1.32 bits per heavy atom. The molecule has 0 radical (unpaired) electrons. The van der Waals surface area contributed by atoms with Crippen LogP contribution in [0.1, 0.15) is 51.5 Å². The smallest absolute Gasteiger partial charge is 0.199 e. The van der Waals surface area contributed by atoms with Crippen molar-refractivity contribution in [3.05, 3.63) is 29.7 Å². The zero-order valence-corrected chi connectivity index (χ0v) is 12.4. The van der Waals surface area contributed by atoms with Gasteiger partial charge in [0.05, 0.1) is 0 Å². The lowest BCUT2D eigenvalue weighted by atomic mass is 9.84. The fraction of sp³-hybridized carbons (Fsp3) is 0.562. The van der Waals surface area contributed by atoms with Crippen LogP contribution in [-0.4, -0.2) is 11.5 Å². The Morgan fingerprint density at radius 2 is 2.05 bits per heavy atom. The quantitative estimate of drug-likeness (QED) is 0.908. The summed E-state index contributed by atoms with van der Waals surface area (Å²) in [5.41, 5.74) is 9.20. The van der Waals surface area contributed by atoms with Gasteiger partial charge in [0, 0.05) is 12.5 Å². The molecule has 2 aromatic rings. The molecule has 2 N–H and O–H groups in total. The molecule has 1 unspecified atom stereocenters. The molecular weight excluding hydrogens is 236 g/mol. The van der Waals surface area contributed by atoms with Gasteiger partial charge in [0.15, 0.2) is 11.5 Å². The zero-order valence-electron chi connectivity index (χ0n) is 12.4. The third-order valence-electron chi connectivity index (χ3n) is 3.37. The molecule has 1 heterocycles. The Kier molecular flexibility index (Phi) is 3.95. The highest BCUT2D eigenvalue weighted by Crippen LogP contribution is 2.31. The summed E-state index contributed by atoms with van der Waals surface area (Å²) in [5.74, 6) is 0.971. The van der Waals surface area contributed by atoms with Crippen molar-refractivity contribution in [2.45, 2.75) is 46.5 Å². The van der Waals surface area contributed by atoms with Gasteiger partial charge in [0.2, 0.25) is 0 Å². The van der Waals surface area contributed by atoms with Gasteiger partial charge in [-0.1, -0.05) is 33.8 Å². The van der Waals surface area contributed by atoms with Crippen LogP contribution in [0.5, 0.6) is 0 Å². The summed E-state index contributed by atoms with van der Waals surface area (Å²) in [6.45, 7) is 9.36. The van der Waals surface area contributed by atoms with Gasteiger partial charge in [-0.2, -0.15) is 0 Å². The lowest BCUT2D eigenvalue weighted by molar-refractivity contribution is 0.314. The third-order valence-corrected chi connectivity index (χ3v) is 3.37. The lowest BCUT2D eigenvalue weighted by Crippen LogP contribution is -2.19. The molecule has 1 atom stereocenters. The van der Waals surface area contributed by atoms with Crippen molar-refractivity contribution in [2.24, 2.45) is 11.1 Å². The van der Waals surface area contributed by atoms with Crippen molar-refractivity contribution in [3.63, 3.8) is 0 Å². The Morgan fingerprint density at radius 3 is 2.63 bits per heavy atom. The molecule has 104 valence electrons. The summed E-state index contributed by atoms with van der Waals surface area (Å²) in [6.07, 6.45) is 2.00. The first-order valence-electron chi connectivity index (χ1n) is 7.02. The number of benzene rings is 1. The molecule has 0 spiro atoms. The van der Waals surface area contributed by atoms with Gasteiger partial charge in [-0.25, -0.2) is 4.98 Å². The van der Waals surface area contributed by atoms with Gasteiger partial charge in [-0.05, 0) is 36.0 Å². The summed E-state index contributed by atoms with van der Waals surface area (Å²) in [6, 6.07) is 6.21. The number of aromatic nitrogens is 1. The Bertz CT molecular complexity index is 551. The van der Waals surface area contributed by atoms with Gasteiger partial charge in [0.1, 0.15) is 5.52 Å². The highest BCUT2D eigenvalue weighted by Gasteiger charge is 2.23. The van der Waals surface area contributed by atoms with Crippen LogP contribution in [0.25, 0.3) is 11.1 Å². The Balaban J connectivity index is 2.33.